The fourth-order valence-electron chi connectivity index (χ4n) is 4.09. The molecule has 0 aromatic carbocycles. The molecule has 0 aliphatic heterocycles. The summed E-state index contributed by atoms with van der Waals surface area (Å²) < 4.78 is 6.11. The topological polar surface area (TPSA) is 46.5 Å². The molecule has 0 heterocycles. The van der Waals surface area contributed by atoms with Crippen molar-refractivity contribution >= 4 is 5.97 Å². The highest BCUT2D eigenvalue weighted by Gasteiger charge is 2.51. The molecule has 0 aromatic rings. The van der Waals surface area contributed by atoms with Crippen molar-refractivity contribution in [1.29, 1.82) is 0 Å². The molecule has 3 atom stereocenters. The predicted octanol–water partition coefficient (Wildman–Crippen LogP) is 5.49. The van der Waals surface area contributed by atoms with Gasteiger partial charge >= 0.3 is 5.97 Å². The summed E-state index contributed by atoms with van der Waals surface area (Å²) in [4.78, 5) is 13.3. The summed E-state index contributed by atoms with van der Waals surface area (Å²) in [5.74, 6) is -0.118. The monoisotopic (exact) mass is 340 g/mol. The second kappa shape index (κ2) is 6.63. The van der Waals surface area contributed by atoms with Crippen LogP contribution in [0.4, 0.5) is 0 Å². The van der Waals surface area contributed by atoms with Crippen LogP contribution >= 0.6 is 0 Å². The Labute approximate surface area is 149 Å². The smallest absolute Gasteiger partial charge is 0.312 e. The minimum atomic E-state index is -0.699. The van der Waals surface area contributed by atoms with Crippen molar-refractivity contribution in [2.45, 2.75) is 112 Å². The van der Waals surface area contributed by atoms with Gasteiger partial charge in [-0.25, -0.2) is 0 Å². The summed E-state index contributed by atoms with van der Waals surface area (Å²) in [6.45, 7) is 18.9. The van der Waals surface area contributed by atoms with E-state index >= 15 is 0 Å². The Balaban J connectivity index is 3.04. The molecule has 0 bridgehead atoms. The maximum absolute atomic E-state index is 13.3. The Morgan fingerprint density at radius 2 is 1.62 bits per heavy atom. The van der Waals surface area contributed by atoms with Gasteiger partial charge in [0.25, 0.3) is 0 Å². The van der Waals surface area contributed by atoms with Crippen LogP contribution < -0.4 is 0 Å². The zero-order chi connectivity index (χ0) is 19.0. The summed E-state index contributed by atoms with van der Waals surface area (Å²) in [6.07, 6.45) is 4.55. The van der Waals surface area contributed by atoms with Crippen LogP contribution in [0.5, 0.6) is 0 Å². The number of carbonyl (C=O) groups is 1. The van der Waals surface area contributed by atoms with E-state index in [9.17, 15) is 9.90 Å². The van der Waals surface area contributed by atoms with E-state index in [1.165, 1.54) is 0 Å². The number of carbonyl (C=O) groups excluding carboxylic acids is 1. The normalized spacial score (nSPS) is 31.4. The highest BCUT2D eigenvalue weighted by atomic mass is 16.6. The van der Waals surface area contributed by atoms with Gasteiger partial charge in [-0.3, -0.25) is 4.79 Å². The number of hydrogen-bond acceptors (Lipinski definition) is 3. The molecule has 3 heteroatoms. The minimum absolute atomic E-state index is 0.0404. The van der Waals surface area contributed by atoms with Crippen LogP contribution in [0.15, 0.2) is 0 Å². The van der Waals surface area contributed by atoms with Gasteiger partial charge < -0.3 is 9.84 Å². The number of aliphatic hydroxyl groups is 1. The number of rotatable bonds is 4. The van der Waals surface area contributed by atoms with Gasteiger partial charge in [0.15, 0.2) is 0 Å². The summed E-state index contributed by atoms with van der Waals surface area (Å²) in [5.41, 5.74) is -1.97. The van der Waals surface area contributed by atoms with Gasteiger partial charge in [0.05, 0.1) is 11.0 Å². The lowest BCUT2D eigenvalue weighted by Crippen LogP contribution is -2.51. The molecule has 1 rings (SSSR count). The minimum Gasteiger partial charge on any atom is -0.459 e. The SMILES string of the molecule is CCC1(O)CCCC(C)(OC(=O)C(C)(CC(C)(C)C)C(C)(C)C)C1. The van der Waals surface area contributed by atoms with Gasteiger partial charge in [-0.05, 0) is 56.8 Å². The van der Waals surface area contributed by atoms with Gasteiger partial charge in [0, 0.05) is 6.42 Å². The molecule has 3 unspecified atom stereocenters. The number of ether oxygens (including phenoxy) is 1. The van der Waals surface area contributed by atoms with E-state index < -0.39 is 16.6 Å². The average Bonchev–Trinajstić information content (AvgIpc) is 2.34. The molecule has 0 radical (unpaired) electrons. The summed E-state index contributed by atoms with van der Waals surface area (Å²) in [7, 11) is 0. The lowest BCUT2D eigenvalue weighted by molar-refractivity contribution is -0.191. The van der Waals surface area contributed by atoms with Gasteiger partial charge in [0.1, 0.15) is 5.60 Å². The van der Waals surface area contributed by atoms with Crippen LogP contribution in [0.3, 0.4) is 0 Å². The van der Waals surface area contributed by atoms with Crippen molar-refractivity contribution in [2.75, 3.05) is 0 Å². The van der Waals surface area contributed by atoms with E-state index in [-0.39, 0.29) is 16.8 Å². The molecule has 142 valence electrons. The molecule has 0 aromatic heterocycles. The van der Waals surface area contributed by atoms with E-state index in [4.69, 9.17) is 4.74 Å². The Morgan fingerprint density at radius 1 is 1.08 bits per heavy atom. The third-order valence-corrected chi connectivity index (χ3v) is 6.04. The van der Waals surface area contributed by atoms with Gasteiger partial charge in [-0.15, -0.1) is 0 Å². The first-order valence-electron chi connectivity index (χ1n) is 9.52. The van der Waals surface area contributed by atoms with Crippen molar-refractivity contribution < 1.29 is 14.6 Å². The van der Waals surface area contributed by atoms with Crippen molar-refractivity contribution in [1.82, 2.24) is 0 Å². The third-order valence-electron chi connectivity index (χ3n) is 6.04. The molecule has 1 N–H and O–H groups in total. The first-order chi connectivity index (χ1) is 10.6. The summed E-state index contributed by atoms with van der Waals surface area (Å²) in [6, 6.07) is 0. The van der Waals surface area contributed by atoms with Crippen molar-refractivity contribution in [3.8, 4) is 0 Å². The molecular weight excluding hydrogens is 300 g/mol. The Morgan fingerprint density at radius 3 is 2.04 bits per heavy atom. The molecule has 3 nitrogen and oxygen atoms in total. The van der Waals surface area contributed by atoms with Crippen molar-refractivity contribution in [3.63, 3.8) is 0 Å². The lowest BCUT2D eigenvalue weighted by atomic mass is 9.61. The van der Waals surface area contributed by atoms with Crippen LogP contribution in [0.2, 0.25) is 0 Å². The molecule has 0 saturated heterocycles. The fraction of sp³-hybridized carbons (Fsp3) is 0.952. The highest BCUT2D eigenvalue weighted by Crippen LogP contribution is 2.49. The summed E-state index contributed by atoms with van der Waals surface area (Å²) >= 11 is 0. The standard InChI is InChI=1S/C21H40O3/c1-10-21(23)13-11-12-19(8,15-21)24-16(22)20(9,18(5,6)7)14-17(2,3)4/h23H,10-15H2,1-9H3. The van der Waals surface area contributed by atoms with Crippen molar-refractivity contribution in [2.24, 2.45) is 16.2 Å². The molecule has 0 amide bonds. The average molecular weight is 341 g/mol. The zero-order valence-corrected chi connectivity index (χ0v) is 17.5. The van der Waals surface area contributed by atoms with E-state index in [1.807, 2.05) is 20.8 Å². The molecule has 24 heavy (non-hydrogen) atoms. The lowest BCUT2D eigenvalue weighted by Gasteiger charge is -2.48. The molecule has 1 aliphatic carbocycles. The number of hydrogen-bond donors (Lipinski definition) is 1. The molecule has 1 aliphatic rings. The highest BCUT2D eigenvalue weighted by molar-refractivity contribution is 5.78. The number of esters is 1. The second-order valence-electron chi connectivity index (χ2n) is 10.8. The van der Waals surface area contributed by atoms with E-state index in [2.05, 4.69) is 41.5 Å². The maximum atomic E-state index is 13.3. The van der Waals surface area contributed by atoms with E-state index in [0.717, 1.165) is 25.7 Å². The van der Waals surface area contributed by atoms with E-state index in [0.29, 0.717) is 12.8 Å². The molecule has 0 spiro atoms. The second-order valence-corrected chi connectivity index (χ2v) is 10.8. The third kappa shape index (κ3) is 4.97. The molecule has 1 saturated carbocycles. The summed E-state index contributed by atoms with van der Waals surface area (Å²) in [5, 5.41) is 10.7. The Kier molecular flexibility index (Phi) is 5.93. The van der Waals surface area contributed by atoms with Crippen LogP contribution in [0, 0.1) is 16.2 Å². The predicted molar refractivity (Wildman–Crippen MR) is 99.8 cm³/mol. The van der Waals surface area contributed by atoms with Crippen LogP contribution in [-0.4, -0.2) is 22.3 Å². The van der Waals surface area contributed by atoms with Gasteiger partial charge in [-0.1, -0.05) is 48.5 Å². The largest absolute Gasteiger partial charge is 0.459 e. The van der Waals surface area contributed by atoms with Crippen molar-refractivity contribution in [3.05, 3.63) is 0 Å². The Hall–Kier alpha value is -0.570. The van der Waals surface area contributed by atoms with Crippen LogP contribution in [0.1, 0.15) is 101 Å². The van der Waals surface area contributed by atoms with Crippen LogP contribution in [-0.2, 0) is 9.53 Å². The fourth-order valence-corrected chi connectivity index (χ4v) is 4.09. The zero-order valence-electron chi connectivity index (χ0n) is 17.5. The van der Waals surface area contributed by atoms with Crippen LogP contribution in [0.25, 0.3) is 0 Å². The van der Waals surface area contributed by atoms with Gasteiger partial charge in [-0.2, -0.15) is 0 Å². The quantitative estimate of drug-likeness (QED) is 0.688. The van der Waals surface area contributed by atoms with Gasteiger partial charge in [0.2, 0.25) is 0 Å². The first-order valence-corrected chi connectivity index (χ1v) is 9.52. The maximum Gasteiger partial charge on any atom is 0.312 e. The first kappa shape index (κ1) is 21.5. The van der Waals surface area contributed by atoms with E-state index in [1.54, 1.807) is 0 Å². The Bertz CT molecular complexity index is 457. The molecular formula is C21H40O3. The molecule has 1 fully saturated rings.